The van der Waals surface area contributed by atoms with Crippen molar-refractivity contribution in [2.45, 2.75) is 26.5 Å². The van der Waals surface area contributed by atoms with E-state index in [-0.39, 0.29) is 18.4 Å². The predicted molar refractivity (Wildman–Crippen MR) is 111 cm³/mol. The van der Waals surface area contributed by atoms with Gasteiger partial charge in [0, 0.05) is 12.3 Å². The van der Waals surface area contributed by atoms with Crippen LogP contribution in [0.2, 0.25) is 0 Å². The minimum absolute atomic E-state index is 0.129. The molecule has 2 aromatic carbocycles. The van der Waals surface area contributed by atoms with Gasteiger partial charge in [0.15, 0.2) is 5.82 Å². The second-order valence-corrected chi connectivity index (χ2v) is 6.90. The van der Waals surface area contributed by atoms with Gasteiger partial charge in [-0.05, 0) is 23.6 Å². The standard InChI is InChI=1S/C22H24N4O3/c1-16(2)20(24-22(28)29-15-17-9-5-3-6-10-17)21(27)23-19-13-14-26(25-19)18-11-7-4-8-12-18/h3-14,16,20H,15H2,1-2H3,(H,24,28)(H,23,25,27)/t20-/m0/s1. The number of hydrogen-bond acceptors (Lipinski definition) is 4. The zero-order valence-electron chi connectivity index (χ0n) is 16.4. The molecule has 3 rings (SSSR count). The fourth-order valence-corrected chi connectivity index (χ4v) is 2.75. The van der Waals surface area contributed by atoms with Crippen LogP contribution in [-0.4, -0.2) is 27.8 Å². The maximum Gasteiger partial charge on any atom is 0.408 e. The lowest BCUT2D eigenvalue weighted by atomic mass is 10.0. The zero-order chi connectivity index (χ0) is 20.6. The van der Waals surface area contributed by atoms with Gasteiger partial charge in [-0.2, -0.15) is 5.10 Å². The summed E-state index contributed by atoms with van der Waals surface area (Å²) < 4.78 is 6.89. The summed E-state index contributed by atoms with van der Waals surface area (Å²) in [6.45, 7) is 3.84. The molecule has 0 saturated carbocycles. The summed E-state index contributed by atoms with van der Waals surface area (Å²) >= 11 is 0. The Morgan fingerprint density at radius 2 is 1.66 bits per heavy atom. The van der Waals surface area contributed by atoms with Crippen LogP contribution >= 0.6 is 0 Å². The van der Waals surface area contributed by atoms with Crippen molar-refractivity contribution in [3.63, 3.8) is 0 Å². The molecule has 7 nitrogen and oxygen atoms in total. The molecule has 150 valence electrons. The molecule has 0 aliphatic rings. The van der Waals surface area contributed by atoms with Crippen LogP contribution in [0.15, 0.2) is 72.9 Å². The third-order valence-electron chi connectivity index (χ3n) is 4.30. The molecule has 0 radical (unpaired) electrons. The summed E-state index contributed by atoms with van der Waals surface area (Å²) in [6.07, 6.45) is 1.12. The third-order valence-corrected chi connectivity index (χ3v) is 4.30. The molecule has 0 saturated heterocycles. The minimum Gasteiger partial charge on any atom is -0.445 e. The van der Waals surface area contributed by atoms with E-state index in [9.17, 15) is 9.59 Å². The van der Waals surface area contributed by atoms with E-state index in [0.29, 0.717) is 5.82 Å². The molecule has 1 aromatic heterocycles. The molecule has 0 aliphatic carbocycles. The largest absolute Gasteiger partial charge is 0.445 e. The maximum absolute atomic E-state index is 12.7. The second-order valence-electron chi connectivity index (χ2n) is 6.90. The van der Waals surface area contributed by atoms with Crippen LogP contribution < -0.4 is 10.6 Å². The highest BCUT2D eigenvalue weighted by atomic mass is 16.5. The highest BCUT2D eigenvalue weighted by Gasteiger charge is 2.25. The molecule has 3 aromatic rings. The molecule has 0 unspecified atom stereocenters. The predicted octanol–water partition coefficient (Wildman–Crippen LogP) is 3.76. The number of nitrogens with one attached hydrogen (secondary N) is 2. The van der Waals surface area contributed by atoms with E-state index >= 15 is 0 Å². The Bertz CT molecular complexity index is 939. The molecule has 7 heteroatoms. The first-order valence-corrected chi connectivity index (χ1v) is 9.42. The summed E-state index contributed by atoms with van der Waals surface area (Å²) in [5, 5.41) is 9.75. The first-order chi connectivity index (χ1) is 14.0. The molecule has 0 aliphatic heterocycles. The summed E-state index contributed by atoms with van der Waals surface area (Å²) in [5.74, 6) is -0.0746. The highest BCUT2D eigenvalue weighted by Crippen LogP contribution is 2.12. The van der Waals surface area contributed by atoms with Crippen LogP contribution in [-0.2, 0) is 16.1 Å². The van der Waals surface area contributed by atoms with Crippen molar-refractivity contribution < 1.29 is 14.3 Å². The number of benzene rings is 2. The van der Waals surface area contributed by atoms with E-state index in [4.69, 9.17) is 4.74 Å². The SMILES string of the molecule is CC(C)[C@H](NC(=O)OCc1ccccc1)C(=O)Nc1ccn(-c2ccccc2)n1. The Morgan fingerprint density at radius 3 is 2.31 bits per heavy atom. The average Bonchev–Trinajstić information content (AvgIpc) is 3.20. The Morgan fingerprint density at radius 1 is 1.00 bits per heavy atom. The fourth-order valence-electron chi connectivity index (χ4n) is 2.75. The maximum atomic E-state index is 12.7. The molecule has 1 heterocycles. The summed E-state index contributed by atoms with van der Waals surface area (Å²) in [7, 11) is 0. The fraction of sp³-hybridized carbons (Fsp3) is 0.227. The molecule has 2 N–H and O–H groups in total. The van der Waals surface area contributed by atoms with E-state index in [1.54, 1.807) is 16.9 Å². The Hall–Kier alpha value is -3.61. The summed E-state index contributed by atoms with van der Waals surface area (Å²) in [4.78, 5) is 24.8. The lowest BCUT2D eigenvalue weighted by Gasteiger charge is -2.20. The molecule has 0 fully saturated rings. The van der Waals surface area contributed by atoms with E-state index in [0.717, 1.165) is 11.3 Å². The number of para-hydroxylation sites is 1. The van der Waals surface area contributed by atoms with E-state index in [1.165, 1.54) is 0 Å². The van der Waals surface area contributed by atoms with Crippen molar-refractivity contribution >= 4 is 17.8 Å². The van der Waals surface area contributed by atoms with Crippen molar-refractivity contribution in [2.24, 2.45) is 5.92 Å². The van der Waals surface area contributed by atoms with Crippen molar-refractivity contribution in [2.75, 3.05) is 5.32 Å². The van der Waals surface area contributed by atoms with Crippen molar-refractivity contribution in [3.05, 3.63) is 78.5 Å². The van der Waals surface area contributed by atoms with Gasteiger partial charge in [-0.1, -0.05) is 62.4 Å². The normalized spacial score (nSPS) is 11.7. The Balaban J connectivity index is 1.58. The van der Waals surface area contributed by atoms with Crippen molar-refractivity contribution in [1.29, 1.82) is 0 Å². The summed E-state index contributed by atoms with van der Waals surface area (Å²) in [5.41, 5.74) is 1.76. The number of amides is 2. The lowest BCUT2D eigenvalue weighted by molar-refractivity contribution is -0.119. The molecule has 0 spiro atoms. The van der Waals surface area contributed by atoms with E-state index < -0.39 is 12.1 Å². The number of carbonyl (C=O) groups excluding carboxylic acids is 2. The van der Waals surface area contributed by atoms with Crippen LogP contribution in [0.1, 0.15) is 19.4 Å². The van der Waals surface area contributed by atoms with Gasteiger partial charge in [-0.15, -0.1) is 0 Å². The molecule has 1 atom stereocenters. The first-order valence-electron chi connectivity index (χ1n) is 9.42. The quantitative estimate of drug-likeness (QED) is 0.641. The number of aromatic nitrogens is 2. The van der Waals surface area contributed by atoms with Gasteiger partial charge in [0.2, 0.25) is 5.91 Å². The van der Waals surface area contributed by atoms with Gasteiger partial charge in [-0.3, -0.25) is 4.79 Å². The van der Waals surface area contributed by atoms with Crippen LogP contribution in [0.25, 0.3) is 5.69 Å². The number of rotatable bonds is 7. The number of anilines is 1. The van der Waals surface area contributed by atoms with Crippen molar-refractivity contribution in [3.8, 4) is 5.69 Å². The molecular weight excluding hydrogens is 368 g/mol. The molecule has 0 bridgehead atoms. The number of nitrogens with zero attached hydrogens (tertiary/aromatic N) is 2. The van der Waals surface area contributed by atoms with Gasteiger partial charge in [-0.25, -0.2) is 9.48 Å². The molecular formula is C22H24N4O3. The monoisotopic (exact) mass is 392 g/mol. The van der Waals surface area contributed by atoms with Gasteiger partial charge in [0.25, 0.3) is 0 Å². The first kappa shape index (κ1) is 20.1. The van der Waals surface area contributed by atoms with Gasteiger partial charge < -0.3 is 15.4 Å². The minimum atomic E-state index is -0.750. The van der Waals surface area contributed by atoms with Crippen LogP contribution in [0.3, 0.4) is 0 Å². The van der Waals surface area contributed by atoms with Gasteiger partial charge >= 0.3 is 6.09 Å². The Labute approximate surface area is 169 Å². The van der Waals surface area contributed by atoms with E-state index in [2.05, 4.69) is 15.7 Å². The molecule has 29 heavy (non-hydrogen) atoms. The number of carbonyl (C=O) groups is 2. The number of alkyl carbamates (subject to hydrolysis) is 1. The topological polar surface area (TPSA) is 85.2 Å². The lowest BCUT2D eigenvalue weighted by Crippen LogP contribution is -2.47. The van der Waals surface area contributed by atoms with Crippen LogP contribution in [0.4, 0.5) is 10.6 Å². The summed E-state index contributed by atoms with van der Waals surface area (Å²) in [6, 6.07) is 19.9. The van der Waals surface area contributed by atoms with E-state index in [1.807, 2.05) is 74.5 Å². The van der Waals surface area contributed by atoms with Gasteiger partial charge in [0.05, 0.1) is 5.69 Å². The second kappa shape index (κ2) is 9.54. The third kappa shape index (κ3) is 5.68. The molecule has 2 amide bonds. The zero-order valence-corrected chi connectivity index (χ0v) is 16.4. The van der Waals surface area contributed by atoms with Crippen molar-refractivity contribution in [1.82, 2.24) is 15.1 Å². The Kier molecular flexibility index (Phi) is 6.63. The number of ether oxygens (including phenoxy) is 1. The van der Waals surface area contributed by atoms with Crippen LogP contribution in [0.5, 0.6) is 0 Å². The number of hydrogen-bond donors (Lipinski definition) is 2. The average molecular weight is 392 g/mol. The van der Waals surface area contributed by atoms with Crippen LogP contribution in [0, 0.1) is 5.92 Å². The van der Waals surface area contributed by atoms with Gasteiger partial charge in [0.1, 0.15) is 12.6 Å². The smallest absolute Gasteiger partial charge is 0.408 e. The highest BCUT2D eigenvalue weighted by molar-refractivity contribution is 5.96.